The molecule has 12 heavy (non-hydrogen) atoms. The monoisotopic (exact) mass is 166 g/mol. The summed E-state index contributed by atoms with van der Waals surface area (Å²) in [6.07, 6.45) is 9.93. The maximum atomic E-state index is 3.41. The molecule has 0 heterocycles. The molecule has 2 heteroatoms. The lowest BCUT2D eigenvalue weighted by molar-refractivity contribution is 0.552. The number of rotatable bonds is 5. The summed E-state index contributed by atoms with van der Waals surface area (Å²) in [4.78, 5) is 0. The van der Waals surface area contributed by atoms with Crippen LogP contribution >= 0.6 is 0 Å². The fourth-order valence-electron chi connectivity index (χ4n) is 1.28. The standard InChI is InChI=1S/C10H18N2/c1-11-7-8-12-9-10-5-3-2-4-6-10/h2-5,10-12H,6-9H2,1H3. The minimum absolute atomic E-state index is 0.701. The summed E-state index contributed by atoms with van der Waals surface area (Å²) in [6.45, 7) is 3.21. The van der Waals surface area contributed by atoms with E-state index in [0.29, 0.717) is 5.92 Å². The van der Waals surface area contributed by atoms with Gasteiger partial charge in [0.15, 0.2) is 0 Å². The minimum atomic E-state index is 0.701. The van der Waals surface area contributed by atoms with Gasteiger partial charge >= 0.3 is 0 Å². The molecule has 1 aliphatic carbocycles. The molecule has 1 unspecified atom stereocenters. The Morgan fingerprint density at radius 1 is 1.33 bits per heavy atom. The molecule has 1 aliphatic rings. The molecular weight excluding hydrogens is 148 g/mol. The van der Waals surface area contributed by atoms with Crippen LogP contribution in [0.25, 0.3) is 0 Å². The third kappa shape index (κ3) is 3.69. The van der Waals surface area contributed by atoms with E-state index in [2.05, 4.69) is 34.9 Å². The van der Waals surface area contributed by atoms with E-state index >= 15 is 0 Å². The molecule has 0 bridgehead atoms. The summed E-state index contributed by atoms with van der Waals surface area (Å²) in [5.41, 5.74) is 0. The maximum absolute atomic E-state index is 3.41. The molecule has 1 rings (SSSR count). The van der Waals surface area contributed by atoms with Gasteiger partial charge in [-0.2, -0.15) is 0 Å². The van der Waals surface area contributed by atoms with Gasteiger partial charge in [-0.1, -0.05) is 24.3 Å². The molecule has 0 saturated carbocycles. The Morgan fingerprint density at radius 2 is 2.25 bits per heavy atom. The smallest absolute Gasteiger partial charge is 0.00768 e. The molecule has 2 nitrogen and oxygen atoms in total. The molecular formula is C10H18N2. The number of hydrogen-bond donors (Lipinski definition) is 2. The highest BCUT2D eigenvalue weighted by Gasteiger charge is 2.02. The summed E-state index contributed by atoms with van der Waals surface area (Å²) in [5.74, 6) is 0.701. The first-order chi connectivity index (χ1) is 5.93. The van der Waals surface area contributed by atoms with Gasteiger partial charge in [-0.25, -0.2) is 0 Å². The van der Waals surface area contributed by atoms with E-state index in [1.165, 1.54) is 6.42 Å². The van der Waals surface area contributed by atoms with Crippen LogP contribution < -0.4 is 10.6 Å². The van der Waals surface area contributed by atoms with Gasteiger partial charge in [0.1, 0.15) is 0 Å². The number of allylic oxidation sites excluding steroid dienone is 3. The van der Waals surface area contributed by atoms with Crippen LogP contribution in [-0.4, -0.2) is 26.7 Å². The SMILES string of the molecule is CNCCNCC1C=CC=CC1. The number of likely N-dealkylation sites (N-methyl/N-ethyl adjacent to an activating group) is 1. The fraction of sp³-hybridized carbons (Fsp3) is 0.600. The molecule has 0 aliphatic heterocycles. The lowest BCUT2D eigenvalue weighted by Gasteiger charge is -2.13. The number of hydrogen-bond acceptors (Lipinski definition) is 2. The Bertz CT molecular complexity index is 161. The van der Waals surface area contributed by atoms with Crippen molar-refractivity contribution in [3.63, 3.8) is 0 Å². The zero-order chi connectivity index (χ0) is 8.65. The summed E-state index contributed by atoms with van der Waals surface area (Å²) in [7, 11) is 1.98. The molecule has 68 valence electrons. The van der Waals surface area contributed by atoms with E-state index in [0.717, 1.165) is 19.6 Å². The van der Waals surface area contributed by atoms with Crippen LogP contribution in [0.1, 0.15) is 6.42 Å². The summed E-state index contributed by atoms with van der Waals surface area (Å²) in [6, 6.07) is 0. The largest absolute Gasteiger partial charge is 0.318 e. The molecule has 0 aromatic carbocycles. The fourth-order valence-corrected chi connectivity index (χ4v) is 1.28. The molecule has 0 radical (unpaired) electrons. The predicted octanol–water partition coefficient (Wildman–Crippen LogP) is 0.928. The van der Waals surface area contributed by atoms with Crippen molar-refractivity contribution in [1.29, 1.82) is 0 Å². The highest BCUT2D eigenvalue weighted by Crippen LogP contribution is 2.09. The first-order valence-corrected chi connectivity index (χ1v) is 4.62. The Balaban J connectivity index is 2.00. The van der Waals surface area contributed by atoms with Crippen LogP contribution in [0.2, 0.25) is 0 Å². The van der Waals surface area contributed by atoms with Crippen molar-refractivity contribution in [3.8, 4) is 0 Å². The zero-order valence-electron chi connectivity index (χ0n) is 7.72. The second-order valence-corrected chi connectivity index (χ2v) is 3.12. The van der Waals surface area contributed by atoms with E-state index < -0.39 is 0 Å². The van der Waals surface area contributed by atoms with Crippen molar-refractivity contribution in [1.82, 2.24) is 10.6 Å². The minimum Gasteiger partial charge on any atom is -0.318 e. The van der Waals surface area contributed by atoms with Gasteiger partial charge in [-0.3, -0.25) is 0 Å². The predicted molar refractivity (Wildman–Crippen MR) is 53.2 cm³/mol. The quantitative estimate of drug-likeness (QED) is 0.594. The van der Waals surface area contributed by atoms with Crippen molar-refractivity contribution in [2.24, 2.45) is 5.92 Å². The van der Waals surface area contributed by atoms with Gasteiger partial charge in [0.25, 0.3) is 0 Å². The Kier molecular flexibility index (Phi) is 4.73. The van der Waals surface area contributed by atoms with Gasteiger partial charge in [-0.05, 0) is 19.4 Å². The van der Waals surface area contributed by atoms with Crippen LogP contribution in [0.15, 0.2) is 24.3 Å². The lowest BCUT2D eigenvalue weighted by atomic mass is 10.0. The summed E-state index contributed by atoms with van der Waals surface area (Å²) < 4.78 is 0. The van der Waals surface area contributed by atoms with Gasteiger partial charge in [0.2, 0.25) is 0 Å². The average Bonchev–Trinajstić information content (AvgIpc) is 2.14. The van der Waals surface area contributed by atoms with E-state index in [4.69, 9.17) is 0 Å². The van der Waals surface area contributed by atoms with Gasteiger partial charge < -0.3 is 10.6 Å². The third-order valence-electron chi connectivity index (χ3n) is 2.03. The Morgan fingerprint density at radius 3 is 2.92 bits per heavy atom. The summed E-state index contributed by atoms with van der Waals surface area (Å²) >= 11 is 0. The molecule has 0 aromatic rings. The Hall–Kier alpha value is -0.600. The van der Waals surface area contributed by atoms with Crippen LogP contribution in [0, 0.1) is 5.92 Å². The molecule has 1 atom stereocenters. The van der Waals surface area contributed by atoms with E-state index in [9.17, 15) is 0 Å². The molecule has 0 fully saturated rings. The topological polar surface area (TPSA) is 24.1 Å². The first-order valence-electron chi connectivity index (χ1n) is 4.62. The van der Waals surface area contributed by atoms with Crippen LogP contribution in [-0.2, 0) is 0 Å². The van der Waals surface area contributed by atoms with Gasteiger partial charge in [-0.15, -0.1) is 0 Å². The van der Waals surface area contributed by atoms with Crippen molar-refractivity contribution in [3.05, 3.63) is 24.3 Å². The van der Waals surface area contributed by atoms with E-state index in [1.54, 1.807) is 0 Å². The van der Waals surface area contributed by atoms with Gasteiger partial charge in [0, 0.05) is 19.6 Å². The van der Waals surface area contributed by atoms with Crippen molar-refractivity contribution >= 4 is 0 Å². The van der Waals surface area contributed by atoms with Crippen molar-refractivity contribution in [2.45, 2.75) is 6.42 Å². The van der Waals surface area contributed by atoms with Crippen molar-refractivity contribution in [2.75, 3.05) is 26.7 Å². The molecule has 0 saturated heterocycles. The highest BCUT2D eigenvalue weighted by atomic mass is 14.9. The van der Waals surface area contributed by atoms with E-state index in [1.807, 2.05) is 7.05 Å². The zero-order valence-corrected chi connectivity index (χ0v) is 7.72. The third-order valence-corrected chi connectivity index (χ3v) is 2.03. The second-order valence-electron chi connectivity index (χ2n) is 3.12. The number of nitrogens with one attached hydrogen (secondary N) is 2. The molecule has 0 amide bonds. The first kappa shape index (κ1) is 9.49. The normalized spacial score (nSPS) is 21.6. The lowest BCUT2D eigenvalue weighted by Crippen LogP contribution is -2.28. The summed E-state index contributed by atoms with van der Waals surface area (Å²) in [5, 5.41) is 6.52. The maximum Gasteiger partial charge on any atom is 0.00768 e. The molecule has 2 N–H and O–H groups in total. The van der Waals surface area contributed by atoms with Gasteiger partial charge in [0.05, 0.1) is 0 Å². The van der Waals surface area contributed by atoms with Crippen LogP contribution in [0.4, 0.5) is 0 Å². The van der Waals surface area contributed by atoms with Crippen LogP contribution in [0.3, 0.4) is 0 Å². The van der Waals surface area contributed by atoms with Crippen molar-refractivity contribution < 1.29 is 0 Å². The second kappa shape index (κ2) is 5.98. The average molecular weight is 166 g/mol. The Labute approximate surface area is 74.7 Å². The highest BCUT2D eigenvalue weighted by molar-refractivity contribution is 5.11. The molecule has 0 spiro atoms. The molecule has 0 aromatic heterocycles. The van der Waals surface area contributed by atoms with E-state index in [-0.39, 0.29) is 0 Å². The van der Waals surface area contributed by atoms with Crippen LogP contribution in [0.5, 0.6) is 0 Å².